The van der Waals surface area contributed by atoms with E-state index < -0.39 is 29.5 Å². The number of carbonyl (C=O) groups is 1. The lowest BCUT2D eigenvalue weighted by Crippen LogP contribution is -2.51. The molecule has 3 rings (SSSR count). The van der Waals surface area contributed by atoms with Gasteiger partial charge in [-0.05, 0) is 54.1 Å². The molecule has 0 unspecified atom stereocenters. The van der Waals surface area contributed by atoms with Crippen molar-refractivity contribution in [1.29, 1.82) is 0 Å². The molecule has 2 saturated carbocycles. The molecule has 0 aromatic heterocycles. The monoisotopic (exact) mass is 350 g/mol. The number of fused-ring (bicyclic) bond motifs is 2. The number of aliphatic hydroxyl groups is 4. The Morgan fingerprint density at radius 3 is 2.52 bits per heavy atom. The van der Waals surface area contributed by atoms with Crippen molar-refractivity contribution in [3.8, 4) is 0 Å². The molecular weight excluding hydrogens is 320 g/mol. The number of hydrogen-bond acceptors (Lipinski definition) is 5. The van der Waals surface area contributed by atoms with Crippen molar-refractivity contribution < 1.29 is 25.2 Å². The largest absolute Gasteiger partial charge is 0.392 e. The van der Waals surface area contributed by atoms with Crippen molar-refractivity contribution in [2.24, 2.45) is 29.1 Å². The molecule has 3 aliphatic rings. The molecule has 0 aromatic carbocycles. The van der Waals surface area contributed by atoms with E-state index in [1.54, 1.807) is 13.8 Å². The van der Waals surface area contributed by atoms with Crippen LogP contribution in [0, 0.1) is 29.1 Å². The van der Waals surface area contributed by atoms with E-state index in [1.807, 2.05) is 12.2 Å². The molecular formula is C20H30O5. The van der Waals surface area contributed by atoms with E-state index in [-0.39, 0.29) is 30.3 Å². The van der Waals surface area contributed by atoms with Crippen molar-refractivity contribution in [3.05, 3.63) is 23.3 Å². The lowest BCUT2D eigenvalue weighted by atomic mass is 9.77. The van der Waals surface area contributed by atoms with E-state index in [4.69, 9.17) is 0 Å². The van der Waals surface area contributed by atoms with Crippen LogP contribution in [0.1, 0.15) is 40.5 Å². The number of aliphatic hydroxyl groups excluding tert-OH is 3. The van der Waals surface area contributed by atoms with E-state index >= 15 is 0 Å². The van der Waals surface area contributed by atoms with E-state index in [0.717, 1.165) is 0 Å². The third-order valence-corrected chi connectivity index (χ3v) is 6.99. The summed E-state index contributed by atoms with van der Waals surface area (Å²) in [6.45, 7) is 7.41. The summed E-state index contributed by atoms with van der Waals surface area (Å²) in [6, 6.07) is 0. The maximum absolute atomic E-state index is 13.1. The van der Waals surface area contributed by atoms with Crippen LogP contribution in [-0.4, -0.2) is 50.6 Å². The zero-order chi connectivity index (χ0) is 18.7. The lowest BCUT2D eigenvalue weighted by Gasteiger charge is -2.34. The van der Waals surface area contributed by atoms with Crippen LogP contribution in [0.4, 0.5) is 0 Å². The zero-order valence-electron chi connectivity index (χ0n) is 15.4. The van der Waals surface area contributed by atoms with Gasteiger partial charge in [0.1, 0.15) is 5.60 Å². The van der Waals surface area contributed by atoms with Crippen molar-refractivity contribution in [1.82, 2.24) is 0 Å². The molecule has 0 heterocycles. The number of ketones is 1. The van der Waals surface area contributed by atoms with Crippen LogP contribution in [0.15, 0.2) is 23.3 Å². The van der Waals surface area contributed by atoms with Crippen molar-refractivity contribution in [2.75, 3.05) is 6.61 Å². The van der Waals surface area contributed by atoms with Gasteiger partial charge < -0.3 is 20.4 Å². The van der Waals surface area contributed by atoms with Crippen LogP contribution in [0.3, 0.4) is 0 Å². The minimum Gasteiger partial charge on any atom is -0.392 e. The van der Waals surface area contributed by atoms with Crippen LogP contribution < -0.4 is 0 Å². The highest BCUT2D eigenvalue weighted by molar-refractivity contribution is 6.02. The van der Waals surface area contributed by atoms with Gasteiger partial charge in [0.25, 0.3) is 0 Å². The van der Waals surface area contributed by atoms with Gasteiger partial charge in [0.05, 0.1) is 24.7 Å². The lowest BCUT2D eigenvalue weighted by molar-refractivity contribution is -0.144. The molecule has 0 spiro atoms. The first-order valence-electron chi connectivity index (χ1n) is 9.17. The minimum atomic E-state index is -1.81. The fourth-order valence-corrected chi connectivity index (χ4v) is 5.12. The highest BCUT2D eigenvalue weighted by Gasteiger charge is 2.60. The molecule has 3 aliphatic carbocycles. The van der Waals surface area contributed by atoms with Gasteiger partial charge in [-0.2, -0.15) is 0 Å². The predicted octanol–water partition coefficient (Wildman–Crippen LogP) is 1.21. The average Bonchev–Trinajstić information content (AvgIpc) is 2.94. The van der Waals surface area contributed by atoms with Crippen LogP contribution in [-0.2, 0) is 4.79 Å². The average molecular weight is 350 g/mol. The molecule has 5 nitrogen and oxygen atoms in total. The minimum absolute atomic E-state index is 0.0489. The Bertz CT molecular complexity index is 634. The van der Waals surface area contributed by atoms with Crippen molar-refractivity contribution in [2.45, 2.75) is 58.3 Å². The Hall–Kier alpha value is -1.01. The standard InChI is InChI=1S/C20H30O5/c1-10-7-14-13(19(14,3)4)6-5-12(9-21)17(23)15-16(22)11(2)8-20(15,25)18(10)24/h5,7,11,13-17,21-23,25H,6,8-9H2,1-4H3/b10-7?,12-5-/t11-,13-,14+,15-,16-,17+,20+/m0/s1. The molecule has 0 bridgehead atoms. The molecule has 7 atom stereocenters. The number of Topliss-reactive ketones (excluding diaryl/α,β-unsaturated/α-hetero) is 1. The first-order chi connectivity index (χ1) is 11.6. The quantitative estimate of drug-likeness (QED) is 0.533. The second-order valence-electron chi connectivity index (χ2n) is 8.87. The summed E-state index contributed by atoms with van der Waals surface area (Å²) in [5, 5.41) is 42.3. The van der Waals surface area contributed by atoms with E-state index in [0.29, 0.717) is 23.5 Å². The normalized spacial score (nSPS) is 48.6. The van der Waals surface area contributed by atoms with Crippen LogP contribution >= 0.6 is 0 Å². The van der Waals surface area contributed by atoms with Gasteiger partial charge in [-0.3, -0.25) is 4.79 Å². The smallest absolute Gasteiger partial charge is 0.190 e. The molecule has 25 heavy (non-hydrogen) atoms. The number of rotatable bonds is 1. The highest BCUT2D eigenvalue weighted by Crippen LogP contribution is 2.61. The van der Waals surface area contributed by atoms with Crippen molar-refractivity contribution in [3.63, 3.8) is 0 Å². The van der Waals surface area contributed by atoms with Gasteiger partial charge in [-0.15, -0.1) is 0 Å². The SMILES string of the molecule is CC1=C[C@@H]2[C@H](C/C=C(/CO)[C@@H](O)[C@@H]3[C@@H](O)[C@@H](C)C[C@]3(O)C1=O)C2(C)C. The van der Waals surface area contributed by atoms with Gasteiger partial charge in [0.2, 0.25) is 0 Å². The summed E-state index contributed by atoms with van der Waals surface area (Å²) >= 11 is 0. The zero-order valence-corrected chi connectivity index (χ0v) is 15.4. The Kier molecular flexibility index (Phi) is 4.52. The summed E-state index contributed by atoms with van der Waals surface area (Å²) < 4.78 is 0. The summed E-state index contributed by atoms with van der Waals surface area (Å²) in [5.74, 6) is -1.19. The van der Waals surface area contributed by atoms with E-state index in [9.17, 15) is 25.2 Å². The first kappa shape index (κ1) is 18.8. The second kappa shape index (κ2) is 6.02. The molecule has 5 heteroatoms. The maximum Gasteiger partial charge on any atom is 0.190 e. The molecule has 0 radical (unpaired) electrons. The fourth-order valence-electron chi connectivity index (χ4n) is 5.12. The summed E-state index contributed by atoms with van der Waals surface area (Å²) in [5.41, 5.74) is -0.890. The fraction of sp³-hybridized carbons (Fsp3) is 0.750. The third kappa shape index (κ3) is 2.72. The maximum atomic E-state index is 13.1. The first-order valence-corrected chi connectivity index (χ1v) is 9.17. The summed E-state index contributed by atoms with van der Waals surface area (Å²) in [4.78, 5) is 13.1. The molecule has 0 aliphatic heterocycles. The molecule has 0 aromatic rings. The predicted molar refractivity (Wildman–Crippen MR) is 93.5 cm³/mol. The second-order valence-corrected chi connectivity index (χ2v) is 8.87. The summed E-state index contributed by atoms with van der Waals surface area (Å²) in [6.07, 6.45) is 2.33. The van der Waals surface area contributed by atoms with Gasteiger partial charge in [-0.25, -0.2) is 0 Å². The van der Waals surface area contributed by atoms with E-state index in [2.05, 4.69) is 13.8 Å². The van der Waals surface area contributed by atoms with Gasteiger partial charge in [0.15, 0.2) is 5.78 Å². The van der Waals surface area contributed by atoms with Crippen LogP contribution in [0.5, 0.6) is 0 Å². The molecule has 0 amide bonds. The Morgan fingerprint density at radius 2 is 1.92 bits per heavy atom. The van der Waals surface area contributed by atoms with Gasteiger partial charge >= 0.3 is 0 Å². The topological polar surface area (TPSA) is 98.0 Å². The number of allylic oxidation sites excluding steroid dienone is 2. The molecule has 2 fully saturated rings. The van der Waals surface area contributed by atoms with Gasteiger partial charge in [0, 0.05) is 0 Å². The Morgan fingerprint density at radius 1 is 1.28 bits per heavy atom. The molecule has 4 N–H and O–H groups in total. The Balaban J connectivity index is 2.10. The number of hydrogen-bond donors (Lipinski definition) is 4. The molecule has 0 saturated heterocycles. The number of carbonyl (C=O) groups excluding carboxylic acids is 1. The summed E-state index contributed by atoms with van der Waals surface area (Å²) in [7, 11) is 0. The van der Waals surface area contributed by atoms with Crippen LogP contribution in [0.2, 0.25) is 0 Å². The van der Waals surface area contributed by atoms with Crippen LogP contribution in [0.25, 0.3) is 0 Å². The van der Waals surface area contributed by atoms with E-state index in [1.165, 1.54) is 0 Å². The van der Waals surface area contributed by atoms with Crippen molar-refractivity contribution >= 4 is 5.78 Å². The third-order valence-electron chi connectivity index (χ3n) is 6.99. The molecule has 140 valence electrons. The Labute approximate surface area is 149 Å². The van der Waals surface area contributed by atoms with Gasteiger partial charge in [-0.1, -0.05) is 32.9 Å². The highest BCUT2D eigenvalue weighted by atomic mass is 16.3.